The highest BCUT2D eigenvalue weighted by Crippen LogP contribution is 2.36. The van der Waals surface area contributed by atoms with E-state index in [-0.39, 0.29) is 12.1 Å². The number of hydrogen-bond donors (Lipinski definition) is 2. The molecule has 0 saturated carbocycles. The molecule has 0 saturated heterocycles. The van der Waals surface area contributed by atoms with E-state index in [2.05, 4.69) is 52.4 Å². The zero-order chi connectivity index (χ0) is 24.2. The second-order valence-electron chi connectivity index (χ2n) is 9.02. The molecule has 0 bridgehead atoms. The number of hydrogen-bond acceptors (Lipinski definition) is 5. The Morgan fingerprint density at radius 1 is 1.32 bits per heavy atom. The standard InChI is InChI=1S/C28H31N5O/c1-17(2)34-28-12-9-21(14-22(28)15-29)19(4)31-20(5)24-7-6-8-26-25(24)10-11-27(26)30-16-23-13-18(3)32-33-23/h6-9,12-14,17,27,30H,5,10-11,16H2,1-4H3,(H,32,33). The lowest BCUT2D eigenvalue weighted by atomic mass is 10.00. The Morgan fingerprint density at radius 2 is 2.15 bits per heavy atom. The summed E-state index contributed by atoms with van der Waals surface area (Å²) in [5, 5.41) is 20.5. The molecule has 2 aromatic carbocycles. The van der Waals surface area contributed by atoms with Crippen LogP contribution in [-0.2, 0) is 13.0 Å². The van der Waals surface area contributed by atoms with Gasteiger partial charge in [-0.1, -0.05) is 24.8 Å². The van der Waals surface area contributed by atoms with Gasteiger partial charge in [0.1, 0.15) is 11.8 Å². The quantitative estimate of drug-likeness (QED) is 0.433. The Morgan fingerprint density at radius 3 is 2.85 bits per heavy atom. The third-order valence-corrected chi connectivity index (χ3v) is 6.05. The van der Waals surface area contributed by atoms with E-state index >= 15 is 0 Å². The summed E-state index contributed by atoms with van der Waals surface area (Å²) in [5.41, 5.74) is 8.72. The van der Waals surface area contributed by atoms with E-state index in [1.807, 2.05) is 45.9 Å². The first-order valence-corrected chi connectivity index (χ1v) is 11.7. The molecule has 0 radical (unpaired) electrons. The van der Waals surface area contributed by atoms with Crippen molar-refractivity contribution < 1.29 is 4.74 Å². The highest BCUT2D eigenvalue weighted by molar-refractivity contribution is 6.02. The number of aryl methyl sites for hydroxylation is 1. The minimum absolute atomic E-state index is 0.00869. The minimum atomic E-state index is 0.00869. The lowest BCUT2D eigenvalue weighted by Gasteiger charge is -2.15. The van der Waals surface area contributed by atoms with Crippen LogP contribution in [-0.4, -0.2) is 22.0 Å². The summed E-state index contributed by atoms with van der Waals surface area (Å²) in [6.07, 6.45) is 2.03. The molecule has 1 heterocycles. The SMILES string of the molecule is C=C(N=C(C)c1ccc(OC(C)C)c(C#N)c1)c1cccc2c1CCC2NCc1cc(C)[nH]n1. The molecule has 6 nitrogen and oxygen atoms in total. The molecule has 0 spiro atoms. The maximum absolute atomic E-state index is 9.55. The van der Waals surface area contributed by atoms with Gasteiger partial charge in [-0.05, 0) is 81.5 Å². The maximum atomic E-state index is 9.55. The fourth-order valence-electron chi connectivity index (χ4n) is 4.46. The molecule has 4 rings (SSSR count). The van der Waals surface area contributed by atoms with E-state index in [4.69, 9.17) is 9.73 Å². The average Bonchev–Trinajstić information content (AvgIpc) is 3.42. The molecule has 2 N–H and O–H groups in total. The van der Waals surface area contributed by atoms with E-state index in [0.717, 1.165) is 53.3 Å². The van der Waals surface area contributed by atoms with Crippen molar-refractivity contribution in [2.24, 2.45) is 4.99 Å². The van der Waals surface area contributed by atoms with E-state index in [9.17, 15) is 5.26 Å². The number of ether oxygens (including phenoxy) is 1. The molecule has 1 aromatic heterocycles. The van der Waals surface area contributed by atoms with Crippen LogP contribution >= 0.6 is 0 Å². The second-order valence-corrected chi connectivity index (χ2v) is 9.02. The molecule has 1 aliphatic carbocycles. The highest BCUT2D eigenvalue weighted by Gasteiger charge is 2.25. The Balaban J connectivity index is 1.53. The van der Waals surface area contributed by atoms with Gasteiger partial charge in [-0.2, -0.15) is 10.4 Å². The normalized spacial score (nSPS) is 15.3. The minimum Gasteiger partial charge on any atom is -0.490 e. The molecule has 174 valence electrons. The third kappa shape index (κ3) is 5.11. The van der Waals surface area contributed by atoms with E-state index in [1.165, 1.54) is 11.1 Å². The number of nitrogens with zero attached hydrogens (tertiary/aromatic N) is 3. The summed E-state index contributed by atoms with van der Waals surface area (Å²) in [4.78, 5) is 4.82. The van der Waals surface area contributed by atoms with Crippen molar-refractivity contribution in [2.75, 3.05) is 0 Å². The lowest BCUT2D eigenvalue weighted by Crippen LogP contribution is -2.18. The van der Waals surface area contributed by atoms with Crippen LogP contribution in [0.25, 0.3) is 5.70 Å². The largest absolute Gasteiger partial charge is 0.490 e. The van der Waals surface area contributed by atoms with Gasteiger partial charge in [0, 0.05) is 29.6 Å². The summed E-state index contributed by atoms with van der Waals surface area (Å²) >= 11 is 0. The summed E-state index contributed by atoms with van der Waals surface area (Å²) in [7, 11) is 0. The number of rotatable bonds is 8. The van der Waals surface area contributed by atoms with E-state index in [1.54, 1.807) is 0 Å². The van der Waals surface area contributed by atoms with Crippen molar-refractivity contribution in [1.82, 2.24) is 15.5 Å². The first-order valence-electron chi connectivity index (χ1n) is 11.7. The molecule has 34 heavy (non-hydrogen) atoms. The maximum Gasteiger partial charge on any atom is 0.137 e. The van der Waals surface area contributed by atoms with Gasteiger partial charge in [-0.3, -0.25) is 10.1 Å². The zero-order valence-electron chi connectivity index (χ0n) is 20.3. The van der Waals surface area contributed by atoms with Gasteiger partial charge < -0.3 is 10.1 Å². The molecule has 3 aromatic rings. The molecular formula is C28H31N5O. The van der Waals surface area contributed by atoms with E-state index < -0.39 is 0 Å². The van der Waals surface area contributed by atoms with Crippen molar-refractivity contribution in [2.45, 2.75) is 59.2 Å². The highest BCUT2D eigenvalue weighted by atomic mass is 16.5. The Kier molecular flexibility index (Phi) is 6.95. The molecular weight excluding hydrogens is 422 g/mol. The number of fused-ring (bicyclic) bond motifs is 1. The fourth-order valence-corrected chi connectivity index (χ4v) is 4.46. The van der Waals surface area contributed by atoms with Crippen LogP contribution in [0, 0.1) is 18.3 Å². The topological polar surface area (TPSA) is 86.1 Å². The second kappa shape index (κ2) is 10.1. The molecule has 6 heteroatoms. The molecule has 1 atom stereocenters. The Bertz CT molecular complexity index is 1280. The van der Waals surface area contributed by atoms with Crippen LogP contribution in [0.15, 0.2) is 54.0 Å². The van der Waals surface area contributed by atoms with Crippen LogP contribution in [0.3, 0.4) is 0 Å². The first kappa shape index (κ1) is 23.5. The predicted molar refractivity (Wildman–Crippen MR) is 136 cm³/mol. The number of H-pyrrole nitrogens is 1. The van der Waals surface area contributed by atoms with E-state index in [0.29, 0.717) is 11.3 Å². The smallest absolute Gasteiger partial charge is 0.137 e. The lowest BCUT2D eigenvalue weighted by molar-refractivity contribution is 0.241. The van der Waals surface area contributed by atoms with Gasteiger partial charge >= 0.3 is 0 Å². The van der Waals surface area contributed by atoms with Crippen LogP contribution in [0.1, 0.15) is 72.4 Å². The summed E-state index contributed by atoms with van der Waals surface area (Å²) < 4.78 is 5.74. The van der Waals surface area contributed by atoms with Gasteiger partial charge in [0.15, 0.2) is 0 Å². The van der Waals surface area contributed by atoms with Gasteiger partial charge in [0.05, 0.1) is 23.1 Å². The van der Waals surface area contributed by atoms with Gasteiger partial charge in [0.2, 0.25) is 0 Å². The molecule has 0 amide bonds. The van der Waals surface area contributed by atoms with Gasteiger partial charge in [-0.25, -0.2) is 0 Å². The molecule has 1 unspecified atom stereocenters. The van der Waals surface area contributed by atoms with Crippen molar-refractivity contribution in [3.63, 3.8) is 0 Å². The van der Waals surface area contributed by atoms with Crippen LogP contribution in [0.2, 0.25) is 0 Å². The van der Waals surface area contributed by atoms with Crippen molar-refractivity contribution in [3.05, 3.63) is 88.2 Å². The number of benzene rings is 2. The number of aliphatic imine (C=N–C) groups is 1. The zero-order valence-corrected chi connectivity index (χ0v) is 20.3. The van der Waals surface area contributed by atoms with Crippen molar-refractivity contribution in [3.8, 4) is 11.8 Å². The Labute approximate surface area is 201 Å². The molecule has 0 aliphatic heterocycles. The predicted octanol–water partition coefficient (Wildman–Crippen LogP) is 5.63. The first-order chi connectivity index (χ1) is 16.4. The summed E-state index contributed by atoms with van der Waals surface area (Å²) in [6, 6.07) is 16.6. The number of aromatic amines is 1. The number of nitriles is 1. The van der Waals surface area contributed by atoms with Crippen molar-refractivity contribution >= 4 is 11.4 Å². The summed E-state index contributed by atoms with van der Waals surface area (Å²) in [6.45, 7) is 12.9. The van der Waals surface area contributed by atoms with Crippen LogP contribution in [0.5, 0.6) is 5.75 Å². The van der Waals surface area contributed by atoms with Gasteiger partial charge in [-0.15, -0.1) is 0 Å². The fraction of sp³-hybridized carbons (Fsp3) is 0.321. The molecule has 1 aliphatic rings. The monoisotopic (exact) mass is 453 g/mol. The molecule has 0 fully saturated rings. The van der Waals surface area contributed by atoms with Gasteiger partial charge in [0.25, 0.3) is 0 Å². The van der Waals surface area contributed by atoms with Crippen molar-refractivity contribution in [1.29, 1.82) is 5.26 Å². The third-order valence-electron chi connectivity index (χ3n) is 6.05. The van der Waals surface area contributed by atoms with Crippen LogP contribution < -0.4 is 10.1 Å². The Hall–Kier alpha value is -3.69. The number of aromatic nitrogens is 2. The van der Waals surface area contributed by atoms with Crippen LogP contribution in [0.4, 0.5) is 0 Å². The number of nitrogens with one attached hydrogen (secondary N) is 2. The summed E-state index contributed by atoms with van der Waals surface area (Å²) in [5.74, 6) is 0.595. The average molecular weight is 454 g/mol.